The average molecular weight is 222 g/mol. The molecule has 1 aliphatic rings. The van der Waals surface area contributed by atoms with E-state index in [4.69, 9.17) is 4.42 Å². The maximum absolute atomic E-state index is 5.29. The van der Waals surface area contributed by atoms with Gasteiger partial charge in [0.15, 0.2) is 0 Å². The van der Waals surface area contributed by atoms with Gasteiger partial charge in [-0.3, -0.25) is 0 Å². The van der Waals surface area contributed by atoms with E-state index < -0.39 is 0 Å². The fraction of sp³-hybridized carbons (Fsp3) is 0.692. The Bertz CT molecular complexity index is 280. The van der Waals surface area contributed by atoms with Crippen LogP contribution in [0.15, 0.2) is 22.8 Å². The first-order valence-corrected chi connectivity index (χ1v) is 6.34. The summed E-state index contributed by atoms with van der Waals surface area (Å²) in [6, 6.07) is 5.37. The minimum absolute atomic E-state index is 0.567. The van der Waals surface area contributed by atoms with Crippen LogP contribution in [0.25, 0.3) is 0 Å². The molecule has 3 heteroatoms. The van der Waals surface area contributed by atoms with Crippen molar-refractivity contribution in [2.75, 3.05) is 13.1 Å². The first kappa shape index (κ1) is 11.7. The standard InChI is InChI=1S/C13H22N2O/c1-11(10-15-12-6-7-12)14-8-2-4-13-5-3-9-16-13/h3,5,9,11-12,14-15H,2,4,6-8,10H2,1H3. The van der Waals surface area contributed by atoms with Gasteiger partial charge in [-0.05, 0) is 44.9 Å². The fourth-order valence-electron chi connectivity index (χ4n) is 1.77. The maximum atomic E-state index is 5.29. The highest BCUT2D eigenvalue weighted by Gasteiger charge is 2.20. The predicted molar refractivity (Wildman–Crippen MR) is 65.5 cm³/mol. The zero-order chi connectivity index (χ0) is 11.2. The van der Waals surface area contributed by atoms with Crippen LogP contribution in [-0.4, -0.2) is 25.2 Å². The first-order chi connectivity index (χ1) is 7.84. The summed E-state index contributed by atoms with van der Waals surface area (Å²) < 4.78 is 5.29. The number of rotatable bonds is 8. The second kappa shape index (κ2) is 6.06. The molecule has 90 valence electrons. The molecule has 2 rings (SSSR count). The zero-order valence-electron chi connectivity index (χ0n) is 10.0. The molecule has 1 atom stereocenters. The monoisotopic (exact) mass is 222 g/mol. The van der Waals surface area contributed by atoms with Crippen LogP contribution in [0, 0.1) is 0 Å². The molecule has 0 amide bonds. The summed E-state index contributed by atoms with van der Waals surface area (Å²) >= 11 is 0. The van der Waals surface area contributed by atoms with Crippen LogP contribution >= 0.6 is 0 Å². The van der Waals surface area contributed by atoms with Crippen molar-refractivity contribution in [1.29, 1.82) is 0 Å². The first-order valence-electron chi connectivity index (χ1n) is 6.34. The third kappa shape index (κ3) is 4.37. The Morgan fingerprint density at radius 2 is 2.38 bits per heavy atom. The lowest BCUT2D eigenvalue weighted by atomic mass is 10.2. The second-order valence-electron chi connectivity index (χ2n) is 4.72. The van der Waals surface area contributed by atoms with E-state index in [9.17, 15) is 0 Å². The molecule has 0 aliphatic heterocycles. The van der Waals surface area contributed by atoms with Crippen molar-refractivity contribution in [2.45, 2.75) is 44.7 Å². The quantitative estimate of drug-likeness (QED) is 0.660. The fourth-order valence-corrected chi connectivity index (χ4v) is 1.77. The van der Waals surface area contributed by atoms with Crippen LogP contribution in [0.1, 0.15) is 31.9 Å². The van der Waals surface area contributed by atoms with E-state index in [1.807, 2.05) is 12.1 Å². The van der Waals surface area contributed by atoms with Crippen molar-refractivity contribution >= 4 is 0 Å². The molecule has 1 heterocycles. The number of hydrogen-bond donors (Lipinski definition) is 2. The van der Waals surface area contributed by atoms with Crippen LogP contribution < -0.4 is 10.6 Å². The number of nitrogens with one attached hydrogen (secondary N) is 2. The second-order valence-corrected chi connectivity index (χ2v) is 4.72. The third-order valence-electron chi connectivity index (χ3n) is 2.96. The number of aryl methyl sites for hydroxylation is 1. The van der Waals surface area contributed by atoms with E-state index in [2.05, 4.69) is 17.6 Å². The summed E-state index contributed by atoms with van der Waals surface area (Å²) in [7, 11) is 0. The van der Waals surface area contributed by atoms with E-state index >= 15 is 0 Å². The highest BCUT2D eigenvalue weighted by Crippen LogP contribution is 2.18. The molecule has 3 nitrogen and oxygen atoms in total. The minimum Gasteiger partial charge on any atom is -0.469 e. The molecular weight excluding hydrogens is 200 g/mol. The Labute approximate surface area is 97.6 Å². The van der Waals surface area contributed by atoms with Gasteiger partial charge < -0.3 is 15.1 Å². The summed E-state index contributed by atoms with van der Waals surface area (Å²) in [6.07, 6.45) is 6.64. The van der Waals surface area contributed by atoms with Crippen LogP contribution in [0.3, 0.4) is 0 Å². The lowest BCUT2D eigenvalue weighted by Crippen LogP contribution is -2.37. The van der Waals surface area contributed by atoms with Crippen LogP contribution in [-0.2, 0) is 6.42 Å². The van der Waals surface area contributed by atoms with Gasteiger partial charge in [-0.25, -0.2) is 0 Å². The summed E-state index contributed by atoms with van der Waals surface area (Å²) in [5.41, 5.74) is 0. The Kier molecular flexibility index (Phi) is 4.43. The highest BCUT2D eigenvalue weighted by atomic mass is 16.3. The predicted octanol–water partition coefficient (Wildman–Crippen LogP) is 1.94. The van der Waals surface area contributed by atoms with E-state index in [0.717, 1.165) is 37.7 Å². The van der Waals surface area contributed by atoms with E-state index in [0.29, 0.717) is 6.04 Å². The van der Waals surface area contributed by atoms with Crippen LogP contribution in [0.5, 0.6) is 0 Å². The summed E-state index contributed by atoms with van der Waals surface area (Å²) in [5, 5.41) is 7.05. The van der Waals surface area contributed by atoms with E-state index in [1.165, 1.54) is 12.8 Å². The van der Waals surface area contributed by atoms with E-state index in [1.54, 1.807) is 6.26 Å². The van der Waals surface area contributed by atoms with Crippen molar-refractivity contribution in [3.05, 3.63) is 24.2 Å². The third-order valence-corrected chi connectivity index (χ3v) is 2.96. The summed E-state index contributed by atoms with van der Waals surface area (Å²) in [6.45, 7) is 4.39. The van der Waals surface area contributed by atoms with Crippen molar-refractivity contribution in [1.82, 2.24) is 10.6 Å². The van der Waals surface area contributed by atoms with Gasteiger partial charge in [0.05, 0.1) is 6.26 Å². The molecule has 0 spiro atoms. The normalized spacial score (nSPS) is 17.6. The van der Waals surface area contributed by atoms with Gasteiger partial charge in [0, 0.05) is 25.0 Å². The van der Waals surface area contributed by atoms with Gasteiger partial charge in [0.25, 0.3) is 0 Å². The molecule has 1 aromatic rings. The lowest BCUT2D eigenvalue weighted by Gasteiger charge is -2.14. The molecule has 0 radical (unpaired) electrons. The largest absolute Gasteiger partial charge is 0.469 e. The van der Waals surface area contributed by atoms with Gasteiger partial charge in [-0.1, -0.05) is 0 Å². The average Bonchev–Trinajstić information content (AvgIpc) is 2.97. The molecule has 1 unspecified atom stereocenters. The summed E-state index contributed by atoms with van der Waals surface area (Å²) in [4.78, 5) is 0. The van der Waals surface area contributed by atoms with Gasteiger partial charge in [-0.15, -0.1) is 0 Å². The topological polar surface area (TPSA) is 37.2 Å². The molecule has 1 fully saturated rings. The van der Waals surface area contributed by atoms with Crippen molar-refractivity contribution < 1.29 is 4.42 Å². The SMILES string of the molecule is CC(CNC1CC1)NCCCc1ccco1. The minimum atomic E-state index is 0.567. The molecule has 0 bridgehead atoms. The lowest BCUT2D eigenvalue weighted by molar-refractivity contribution is 0.469. The van der Waals surface area contributed by atoms with Gasteiger partial charge in [0.1, 0.15) is 5.76 Å². The smallest absolute Gasteiger partial charge is 0.103 e. The molecule has 1 aliphatic carbocycles. The Hall–Kier alpha value is -0.800. The molecular formula is C13H22N2O. The molecule has 1 aromatic heterocycles. The Morgan fingerprint density at radius 1 is 1.50 bits per heavy atom. The van der Waals surface area contributed by atoms with Crippen LogP contribution in [0.2, 0.25) is 0 Å². The van der Waals surface area contributed by atoms with Crippen molar-refractivity contribution in [3.63, 3.8) is 0 Å². The molecule has 0 aromatic carbocycles. The van der Waals surface area contributed by atoms with Gasteiger partial charge in [-0.2, -0.15) is 0 Å². The Morgan fingerprint density at radius 3 is 3.06 bits per heavy atom. The number of hydrogen-bond acceptors (Lipinski definition) is 3. The van der Waals surface area contributed by atoms with E-state index in [-0.39, 0.29) is 0 Å². The molecule has 2 N–H and O–H groups in total. The van der Waals surface area contributed by atoms with Crippen LogP contribution in [0.4, 0.5) is 0 Å². The van der Waals surface area contributed by atoms with Gasteiger partial charge in [0.2, 0.25) is 0 Å². The maximum Gasteiger partial charge on any atom is 0.103 e. The van der Waals surface area contributed by atoms with Crippen molar-refractivity contribution in [3.8, 4) is 0 Å². The molecule has 0 saturated heterocycles. The highest BCUT2D eigenvalue weighted by molar-refractivity contribution is 4.97. The van der Waals surface area contributed by atoms with Crippen molar-refractivity contribution in [2.24, 2.45) is 0 Å². The number of furan rings is 1. The molecule has 16 heavy (non-hydrogen) atoms. The zero-order valence-corrected chi connectivity index (χ0v) is 10.0. The summed E-state index contributed by atoms with van der Waals surface area (Å²) in [5.74, 6) is 1.09. The Balaban J connectivity index is 1.46. The molecule has 1 saturated carbocycles. The van der Waals surface area contributed by atoms with Gasteiger partial charge >= 0.3 is 0 Å².